The minimum atomic E-state index is -2.87. The van der Waals surface area contributed by atoms with Crippen LogP contribution in [0.1, 0.15) is 0 Å². The first-order valence-corrected chi connectivity index (χ1v) is 3.50. The summed E-state index contributed by atoms with van der Waals surface area (Å²) >= 11 is 0. The van der Waals surface area contributed by atoms with Gasteiger partial charge in [0, 0.05) is 0 Å². The smallest absolute Gasteiger partial charge is 0.786 e. The van der Waals surface area contributed by atoms with E-state index in [9.17, 15) is 0 Å². The molecule has 9 heavy (non-hydrogen) atoms. The Morgan fingerprint density at radius 2 is 0.778 bits per heavy atom. The molecule has 0 amide bonds. The van der Waals surface area contributed by atoms with Gasteiger partial charge in [-0.1, -0.05) is 0 Å². The predicted octanol–water partition coefficient (Wildman–Crippen LogP) is -3.26. The number of rotatable bonds is 0. The fraction of sp³-hybridized carbons (Fsp3) is 0. The molecule has 0 fully saturated rings. The molecule has 0 aromatic rings. The normalized spacial score (nSPS) is 8.00. The van der Waals surface area contributed by atoms with E-state index in [1.165, 1.54) is 0 Å². The minimum absolute atomic E-state index is 0. The molecule has 0 spiro atoms. The summed E-state index contributed by atoms with van der Waals surface area (Å²) in [7, 11) is -5.74. The van der Waals surface area contributed by atoms with Gasteiger partial charge in [0.15, 0.2) is 0 Å². The molecule has 4 N–H and O–H groups in total. The van der Waals surface area contributed by atoms with E-state index < -0.39 is 17.2 Å². The van der Waals surface area contributed by atoms with E-state index in [2.05, 4.69) is 0 Å². The van der Waals surface area contributed by atoms with Crippen LogP contribution in [0.15, 0.2) is 0 Å². The van der Waals surface area contributed by atoms with Crippen LogP contribution in [0.25, 0.3) is 0 Å². The van der Waals surface area contributed by atoms with Crippen molar-refractivity contribution in [1.82, 2.24) is 0 Å². The number of hydrogen-bond acceptors (Lipinski definition) is 6. The molecule has 0 aliphatic rings. The van der Waals surface area contributed by atoms with Gasteiger partial charge in [-0.25, -0.2) is 0 Å². The van der Waals surface area contributed by atoms with Gasteiger partial charge in [0.2, 0.25) is 0 Å². The first-order chi connectivity index (χ1) is 3.46. The Bertz CT molecular complexity index is 26.5. The summed E-state index contributed by atoms with van der Waals surface area (Å²) < 4.78 is 0. The van der Waals surface area contributed by atoms with Crippen LogP contribution in [-0.4, -0.2) is 57.3 Å². The van der Waals surface area contributed by atoms with Crippen molar-refractivity contribution in [1.29, 1.82) is 0 Å². The van der Waals surface area contributed by atoms with Crippen molar-refractivity contribution in [3.05, 3.63) is 0 Å². The van der Waals surface area contributed by atoms with Gasteiger partial charge >= 0.3 is 37.7 Å². The molecule has 0 bridgehead atoms. The van der Waals surface area contributed by atoms with Crippen LogP contribution in [0.2, 0.25) is 0 Å². The third kappa shape index (κ3) is 174. The molecule has 0 saturated carbocycles. The summed E-state index contributed by atoms with van der Waals surface area (Å²) in [4.78, 5) is 45.9. The van der Waals surface area contributed by atoms with Crippen molar-refractivity contribution < 1.29 is 29.4 Å². The van der Waals surface area contributed by atoms with Crippen molar-refractivity contribution >= 4 is 54.9 Å². The minimum Gasteiger partial charge on any atom is -0.786 e. The van der Waals surface area contributed by atoms with E-state index in [-0.39, 0.29) is 37.7 Å². The van der Waals surface area contributed by atoms with Crippen LogP contribution >= 0.6 is 17.2 Å². The zero-order valence-electron chi connectivity index (χ0n) is 4.21. The molecule has 0 aromatic heterocycles. The Labute approximate surface area is 83.8 Å². The van der Waals surface area contributed by atoms with Crippen molar-refractivity contribution in [2.45, 2.75) is 0 Å². The molecule has 0 aliphatic heterocycles. The standard InChI is InChI=1S/Ca.2H2O3P/c;2*1-4(2)3/h;2*1-2H/q+2;2*-1. The Kier molecular flexibility index (Phi) is 23.8. The first-order valence-electron chi connectivity index (χ1n) is 1.17. The SMILES string of the molecule is [Ca+2].[O-]P(O)O.[O-]P(O)O. The van der Waals surface area contributed by atoms with Gasteiger partial charge in [-0.2, -0.15) is 0 Å². The van der Waals surface area contributed by atoms with E-state index in [0.29, 0.717) is 0 Å². The van der Waals surface area contributed by atoms with Crippen LogP contribution in [0.4, 0.5) is 0 Å². The van der Waals surface area contributed by atoms with Crippen molar-refractivity contribution in [3.8, 4) is 0 Å². The third-order valence-corrected chi connectivity index (χ3v) is 0. The van der Waals surface area contributed by atoms with Crippen molar-refractivity contribution in [2.75, 3.05) is 0 Å². The van der Waals surface area contributed by atoms with Crippen LogP contribution in [0.5, 0.6) is 0 Å². The zero-order chi connectivity index (χ0) is 7.15. The van der Waals surface area contributed by atoms with Crippen molar-refractivity contribution in [3.63, 3.8) is 0 Å². The summed E-state index contributed by atoms with van der Waals surface area (Å²) in [6.45, 7) is 0. The summed E-state index contributed by atoms with van der Waals surface area (Å²) in [5, 5.41) is 0. The van der Waals surface area contributed by atoms with Gasteiger partial charge in [0.25, 0.3) is 0 Å². The molecule has 52 valence electrons. The van der Waals surface area contributed by atoms with Crippen LogP contribution < -0.4 is 9.79 Å². The van der Waals surface area contributed by atoms with Gasteiger partial charge in [0.1, 0.15) is 0 Å². The molecule has 0 unspecified atom stereocenters. The second-order valence-corrected chi connectivity index (χ2v) is 1.52. The van der Waals surface area contributed by atoms with Crippen LogP contribution in [0, 0.1) is 0 Å². The first kappa shape index (κ1) is 17.1. The summed E-state index contributed by atoms with van der Waals surface area (Å²) in [6.07, 6.45) is 0. The average molecular weight is 202 g/mol. The molecule has 0 aliphatic carbocycles. The fourth-order valence-electron chi connectivity index (χ4n) is 0. The third-order valence-electron chi connectivity index (χ3n) is 0. The molecule has 0 radical (unpaired) electrons. The van der Waals surface area contributed by atoms with Gasteiger partial charge in [-0.05, 0) is 0 Å². The second-order valence-electron chi connectivity index (χ2n) is 0.505. The van der Waals surface area contributed by atoms with E-state index in [1.54, 1.807) is 0 Å². The zero-order valence-corrected chi connectivity index (χ0v) is 8.20. The topological polar surface area (TPSA) is 127 Å². The van der Waals surface area contributed by atoms with E-state index in [0.717, 1.165) is 0 Å². The average Bonchev–Trinajstić information content (AvgIpc) is 1.25. The molecule has 0 atom stereocenters. The number of hydrogen-bond donors (Lipinski definition) is 4. The maximum absolute atomic E-state index is 8.70. The van der Waals surface area contributed by atoms with Crippen LogP contribution in [0.3, 0.4) is 0 Å². The van der Waals surface area contributed by atoms with E-state index in [1.807, 2.05) is 0 Å². The monoisotopic (exact) mass is 202 g/mol. The summed E-state index contributed by atoms with van der Waals surface area (Å²) in [5.74, 6) is 0. The van der Waals surface area contributed by atoms with Gasteiger partial charge in [0.05, 0.1) is 17.2 Å². The summed E-state index contributed by atoms with van der Waals surface area (Å²) in [6, 6.07) is 0. The van der Waals surface area contributed by atoms with E-state index in [4.69, 9.17) is 29.4 Å². The molecular weight excluding hydrogens is 198 g/mol. The fourth-order valence-corrected chi connectivity index (χ4v) is 0. The summed E-state index contributed by atoms with van der Waals surface area (Å²) in [5.41, 5.74) is 0. The maximum Gasteiger partial charge on any atom is 2.00 e. The van der Waals surface area contributed by atoms with Gasteiger partial charge in [-0.3, -0.25) is 0 Å². The predicted molar refractivity (Wildman–Crippen MR) is 28.5 cm³/mol. The molecule has 0 rings (SSSR count). The molecular formula is H4CaO6P2. The largest absolute Gasteiger partial charge is 2.00 e. The van der Waals surface area contributed by atoms with Gasteiger partial charge < -0.3 is 29.4 Å². The van der Waals surface area contributed by atoms with E-state index >= 15 is 0 Å². The molecule has 9 heteroatoms. The molecule has 0 saturated heterocycles. The molecule has 0 aromatic carbocycles. The molecule has 0 heterocycles. The van der Waals surface area contributed by atoms with Crippen molar-refractivity contribution in [2.24, 2.45) is 0 Å². The Balaban J connectivity index is -0.0000000720. The maximum atomic E-state index is 8.70. The second kappa shape index (κ2) is 12.5. The molecule has 6 nitrogen and oxygen atoms in total. The quantitative estimate of drug-likeness (QED) is 0.241. The Morgan fingerprint density at radius 3 is 0.778 bits per heavy atom. The Morgan fingerprint density at radius 1 is 0.778 bits per heavy atom. The van der Waals surface area contributed by atoms with Gasteiger partial charge in [-0.15, -0.1) is 0 Å². The Hall–Kier alpha value is 1.88. The van der Waals surface area contributed by atoms with Crippen LogP contribution in [-0.2, 0) is 0 Å².